The fourth-order valence-corrected chi connectivity index (χ4v) is 6.80. The van der Waals surface area contributed by atoms with Gasteiger partial charge in [-0.2, -0.15) is 13.2 Å². The normalized spacial score (nSPS) is 21.6. The van der Waals surface area contributed by atoms with Crippen LogP contribution in [0, 0.1) is 0 Å². The molecule has 1 saturated heterocycles. The summed E-state index contributed by atoms with van der Waals surface area (Å²) in [4.78, 5) is 37.5. The molecule has 3 rings (SSSR count). The fourth-order valence-electron chi connectivity index (χ4n) is 3.16. The van der Waals surface area contributed by atoms with Crippen LogP contribution in [0.5, 0.6) is 0 Å². The molecule has 2 unspecified atom stereocenters. The quantitative estimate of drug-likeness (QED) is 0.207. The Bertz CT molecular complexity index is 1100. The zero-order chi connectivity index (χ0) is 25.3. The number of carbonyl (C=O) groups is 3. The van der Waals surface area contributed by atoms with Crippen molar-refractivity contribution in [1.29, 1.82) is 0 Å². The number of nitrogens with one attached hydrogen (secondary N) is 2. The van der Waals surface area contributed by atoms with E-state index >= 15 is 0 Å². The molecule has 34 heavy (non-hydrogen) atoms. The van der Waals surface area contributed by atoms with Crippen molar-refractivity contribution in [2.75, 3.05) is 17.3 Å². The predicted octanol–water partition coefficient (Wildman–Crippen LogP) is -0.669. The minimum absolute atomic E-state index is 0.0314. The third-order valence-electron chi connectivity index (χ3n) is 4.52. The summed E-state index contributed by atoms with van der Waals surface area (Å²) in [6.07, 6.45) is -0.113. The van der Waals surface area contributed by atoms with E-state index in [4.69, 9.17) is 5.14 Å². The molecule has 3 atom stereocenters. The van der Waals surface area contributed by atoms with Gasteiger partial charge in [0.1, 0.15) is 17.1 Å². The van der Waals surface area contributed by atoms with Crippen molar-refractivity contribution in [3.05, 3.63) is 11.3 Å². The van der Waals surface area contributed by atoms with Gasteiger partial charge in [-0.3, -0.25) is 14.5 Å². The van der Waals surface area contributed by atoms with Crippen LogP contribution in [0.3, 0.4) is 0 Å². The summed E-state index contributed by atoms with van der Waals surface area (Å²) in [5, 5.41) is 28.6. The number of alkyl halides is 3. The van der Waals surface area contributed by atoms with E-state index in [0.717, 1.165) is 28.4 Å². The van der Waals surface area contributed by atoms with E-state index in [0.29, 0.717) is 0 Å². The first-order valence-corrected chi connectivity index (χ1v) is 13.7. The maximum absolute atomic E-state index is 12.7. The van der Waals surface area contributed by atoms with E-state index in [2.05, 4.69) is 25.9 Å². The maximum atomic E-state index is 12.7. The summed E-state index contributed by atoms with van der Waals surface area (Å²) in [5.41, 5.74) is -4.81. The number of carboxylic acids is 1. The number of nitrogens with zero attached hydrogens (tertiary/aromatic N) is 4. The molecule has 3 heterocycles. The molecule has 188 valence electrons. The number of amides is 2. The van der Waals surface area contributed by atoms with Gasteiger partial charge in [-0.1, -0.05) is 11.8 Å². The number of fused-ring (bicyclic) bond motifs is 1. The molecule has 1 aromatic heterocycles. The minimum atomic E-state index is -4.62. The van der Waals surface area contributed by atoms with Crippen LogP contribution in [0.2, 0.25) is 0 Å². The largest absolute Gasteiger partial charge is 0.477 e. The molecular formula is C14H16F3N7O6S4. The Kier molecular flexibility index (Phi) is 8.05. The van der Waals surface area contributed by atoms with E-state index in [9.17, 15) is 41.1 Å². The number of aromatic nitrogens is 4. The number of tetrazole rings is 1. The summed E-state index contributed by atoms with van der Waals surface area (Å²) in [6.45, 7) is 0. The van der Waals surface area contributed by atoms with Gasteiger partial charge in [0, 0.05) is 11.0 Å². The summed E-state index contributed by atoms with van der Waals surface area (Å²) >= 11 is 1.47. The molecule has 5 N–H and O–H groups in total. The first-order valence-electron chi connectivity index (χ1n) is 9.08. The van der Waals surface area contributed by atoms with Crippen LogP contribution in [-0.4, -0.2) is 96.3 Å². The van der Waals surface area contributed by atoms with Crippen LogP contribution in [0.25, 0.3) is 0 Å². The highest BCUT2D eigenvalue weighted by Gasteiger charge is 2.55. The second-order valence-corrected chi connectivity index (χ2v) is 11.9. The molecule has 2 amide bonds. The second-order valence-electron chi connectivity index (χ2n) is 6.84. The van der Waals surface area contributed by atoms with E-state index in [1.807, 2.05) is 0 Å². The minimum Gasteiger partial charge on any atom is -0.477 e. The zero-order valence-corrected chi connectivity index (χ0v) is 19.9. The highest BCUT2D eigenvalue weighted by Crippen LogP contribution is 2.44. The third-order valence-corrected chi connectivity index (χ3v) is 8.56. The number of aromatic amines is 1. The number of rotatable bonds is 10. The second kappa shape index (κ2) is 10.3. The average molecular weight is 564 g/mol. The van der Waals surface area contributed by atoms with Gasteiger partial charge in [-0.15, -0.1) is 16.9 Å². The molecule has 2 aliphatic rings. The Hall–Kier alpha value is -2.03. The fraction of sp³-hybridized carbons (Fsp3) is 0.571. The lowest BCUT2D eigenvalue weighted by Gasteiger charge is -2.50. The molecule has 0 saturated carbocycles. The van der Waals surface area contributed by atoms with Crippen LogP contribution < -0.4 is 10.5 Å². The molecule has 2 aliphatic heterocycles. The van der Waals surface area contributed by atoms with Crippen LogP contribution in [-0.2, 0) is 24.4 Å². The van der Waals surface area contributed by atoms with Crippen molar-refractivity contribution in [2.24, 2.45) is 5.14 Å². The van der Waals surface area contributed by atoms with Gasteiger partial charge in [-0.25, -0.2) is 23.4 Å². The van der Waals surface area contributed by atoms with Gasteiger partial charge in [0.05, 0.1) is 11.5 Å². The van der Waals surface area contributed by atoms with Crippen molar-refractivity contribution in [3.63, 3.8) is 0 Å². The molecule has 0 bridgehead atoms. The number of sulfonamides is 1. The molecule has 20 heteroatoms. The highest BCUT2D eigenvalue weighted by atomic mass is 32.2. The lowest BCUT2D eigenvalue weighted by atomic mass is 10.0. The number of H-pyrrole nitrogens is 1. The molecule has 13 nitrogen and oxygen atoms in total. The van der Waals surface area contributed by atoms with Gasteiger partial charge < -0.3 is 10.4 Å². The number of β-lactam (4-membered cyclic amide) rings is 1. The lowest BCUT2D eigenvalue weighted by molar-refractivity contribution is -0.150. The Balaban J connectivity index is 1.82. The Labute approximate surface area is 202 Å². The van der Waals surface area contributed by atoms with Crippen LogP contribution in [0.1, 0.15) is 6.42 Å². The SMILES string of the molecule is NS(=O)(=O)CCC(Sc1nnn[nH]1)C1=C(C(=O)O)N2C(=O)C(NC(=O)CSC(F)(F)F)[C@@H]2SC1. The van der Waals surface area contributed by atoms with E-state index in [1.165, 1.54) is 0 Å². The topological polar surface area (TPSA) is 201 Å². The summed E-state index contributed by atoms with van der Waals surface area (Å²) in [5.74, 6) is -4.71. The molecule has 0 aromatic carbocycles. The van der Waals surface area contributed by atoms with Crippen LogP contribution in [0.15, 0.2) is 16.4 Å². The molecule has 1 aromatic rings. The lowest BCUT2D eigenvalue weighted by Crippen LogP contribution is -2.71. The Morgan fingerprint density at radius 3 is 2.68 bits per heavy atom. The van der Waals surface area contributed by atoms with Gasteiger partial charge in [0.25, 0.3) is 5.91 Å². The number of primary sulfonamides is 1. The van der Waals surface area contributed by atoms with Crippen LogP contribution in [0.4, 0.5) is 13.2 Å². The average Bonchev–Trinajstić information content (AvgIpc) is 3.24. The summed E-state index contributed by atoms with van der Waals surface area (Å²) in [6, 6.07) is -1.20. The van der Waals surface area contributed by atoms with E-state index in [-0.39, 0.29) is 22.9 Å². The number of hydrogen-bond donors (Lipinski definition) is 4. The first-order chi connectivity index (χ1) is 15.8. The van der Waals surface area contributed by atoms with Crippen LogP contribution >= 0.6 is 35.3 Å². The number of aliphatic carboxylic acids is 1. The first kappa shape index (κ1) is 26.6. The predicted molar refractivity (Wildman–Crippen MR) is 115 cm³/mol. The molecule has 0 aliphatic carbocycles. The summed E-state index contributed by atoms with van der Waals surface area (Å²) < 4.78 is 59.9. The van der Waals surface area contributed by atoms with E-state index in [1.54, 1.807) is 0 Å². The van der Waals surface area contributed by atoms with Crippen molar-refractivity contribution in [3.8, 4) is 0 Å². The van der Waals surface area contributed by atoms with Crippen molar-refractivity contribution < 1.29 is 41.1 Å². The number of carboxylic acid groups (broad SMARTS) is 1. The van der Waals surface area contributed by atoms with Crippen molar-refractivity contribution in [1.82, 2.24) is 30.8 Å². The number of thioether (sulfide) groups is 3. The van der Waals surface area contributed by atoms with Crippen molar-refractivity contribution >= 4 is 63.1 Å². The number of nitrogens with two attached hydrogens (primary N) is 1. The van der Waals surface area contributed by atoms with Gasteiger partial charge >= 0.3 is 11.5 Å². The zero-order valence-electron chi connectivity index (χ0n) is 16.7. The monoisotopic (exact) mass is 563 g/mol. The molecule has 1 fully saturated rings. The number of halogens is 3. The Morgan fingerprint density at radius 1 is 1.41 bits per heavy atom. The number of carbonyl (C=O) groups excluding carboxylic acids is 2. The third kappa shape index (κ3) is 6.55. The van der Waals surface area contributed by atoms with E-state index < -0.39 is 78.9 Å². The van der Waals surface area contributed by atoms with Gasteiger partial charge in [0.2, 0.25) is 21.1 Å². The standard InChI is InChI=1S/C14H16F3N7O6S4/c15-14(16,17)32-4-7(25)19-8-10(26)24-9(12(27)28)5(3-31-11(8)24)6(1-2-34(18,29)30)33-13-20-22-23-21-13/h6,8,11H,1-4H2,(H,19,25)(H,27,28)(H2,18,29,30)(H,20,21,22,23)/t6?,8?,11-/m0/s1. The molecule has 0 spiro atoms. The maximum Gasteiger partial charge on any atom is 0.442 e. The molecular weight excluding hydrogens is 547 g/mol. The van der Waals surface area contributed by atoms with Gasteiger partial charge in [0.15, 0.2) is 0 Å². The highest BCUT2D eigenvalue weighted by molar-refractivity contribution is 8.01. The number of hydrogen-bond acceptors (Lipinski definition) is 11. The van der Waals surface area contributed by atoms with Gasteiger partial charge in [-0.05, 0) is 34.2 Å². The summed E-state index contributed by atoms with van der Waals surface area (Å²) in [7, 11) is -3.90. The van der Waals surface area contributed by atoms with Crippen molar-refractivity contribution in [2.45, 2.75) is 33.8 Å². The smallest absolute Gasteiger partial charge is 0.442 e. The molecule has 0 radical (unpaired) electrons. The Morgan fingerprint density at radius 2 is 2.12 bits per heavy atom.